The second-order valence-electron chi connectivity index (χ2n) is 11.8. The van der Waals surface area contributed by atoms with Crippen LogP contribution in [0.1, 0.15) is 22.0 Å². The molecule has 4 heterocycles. The number of fused-ring (bicyclic) bond motifs is 2. The van der Waals surface area contributed by atoms with Crippen molar-refractivity contribution in [3.8, 4) is 17.2 Å². The van der Waals surface area contributed by atoms with E-state index in [4.69, 9.17) is 24.1 Å². The summed E-state index contributed by atoms with van der Waals surface area (Å²) in [4.78, 5) is 90.1. The van der Waals surface area contributed by atoms with E-state index in [1.165, 1.54) is 30.3 Å². The van der Waals surface area contributed by atoms with Crippen LogP contribution < -0.4 is 21.0 Å². The highest BCUT2D eigenvalue weighted by Gasteiger charge is 2.67. The van der Waals surface area contributed by atoms with Crippen LogP contribution in [0.5, 0.6) is 17.2 Å². The SMILES string of the molecule is CO[C@@]1(NC(=O)C(NC(=O)c2cc3ccc(O)c(O)c3oc2=O)c2ccc(OCC(=O)O)cc2)C(=O)N2C(C(=O)O)=C(CSc3nnnn3CC(=O)O)CS[C@@H]21. The Hall–Kier alpha value is -6.66. The summed E-state index contributed by atoms with van der Waals surface area (Å²) in [6.07, 6.45) is 0. The molecule has 2 aliphatic heterocycles. The Labute approximate surface area is 320 Å². The van der Waals surface area contributed by atoms with Crippen molar-refractivity contribution >= 4 is 70.1 Å². The van der Waals surface area contributed by atoms with E-state index in [2.05, 4.69) is 26.2 Å². The van der Waals surface area contributed by atoms with E-state index in [0.717, 1.165) is 52.3 Å². The van der Waals surface area contributed by atoms with Crippen molar-refractivity contribution < 1.29 is 68.2 Å². The van der Waals surface area contributed by atoms with Gasteiger partial charge in [0.1, 0.15) is 35.0 Å². The minimum Gasteiger partial charge on any atom is -0.504 e. The normalized spacial score (nSPS) is 18.1. The number of thioether (sulfide) groups is 2. The third kappa shape index (κ3) is 7.38. The van der Waals surface area contributed by atoms with Gasteiger partial charge in [0.25, 0.3) is 17.5 Å². The second-order valence-corrected chi connectivity index (χ2v) is 13.8. The quantitative estimate of drug-likeness (QED) is 0.0267. The molecule has 1 saturated heterocycles. The maximum Gasteiger partial charge on any atom is 0.352 e. The summed E-state index contributed by atoms with van der Waals surface area (Å²) in [7, 11) is 1.10. The van der Waals surface area contributed by atoms with Crippen LogP contribution in [0, 0.1) is 0 Å². The lowest BCUT2D eigenvalue weighted by Crippen LogP contribution is -2.81. The Morgan fingerprint density at radius 3 is 2.46 bits per heavy atom. The topological polar surface area (TPSA) is 323 Å². The summed E-state index contributed by atoms with van der Waals surface area (Å²) < 4.78 is 16.8. The zero-order valence-corrected chi connectivity index (χ0v) is 30.0. The van der Waals surface area contributed by atoms with E-state index in [0.29, 0.717) is 0 Å². The highest BCUT2D eigenvalue weighted by molar-refractivity contribution is 8.01. The molecule has 0 aliphatic carbocycles. The Morgan fingerprint density at radius 2 is 1.80 bits per heavy atom. The maximum absolute atomic E-state index is 14.1. The minimum absolute atomic E-state index is 0.00754. The number of benzene rings is 2. The third-order valence-corrected chi connectivity index (χ3v) is 10.7. The number of carboxylic acid groups (broad SMARTS) is 3. The number of phenolic OH excluding ortho intramolecular Hbond substituents is 2. The lowest BCUT2D eigenvalue weighted by atomic mass is 9.96. The fourth-order valence-electron chi connectivity index (χ4n) is 5.72. The molecule has 3 amide bonds. The molecular weight excluding hydrogens is 787 g/mol. The summed E-state index contributed by atoms with van der Waals surface area (Å²) in [5.41, 5.74) is -4.54. The van der Waals surface area contributed by atoms with E-state index in [1.807, 2.05) is 0 Å². The number of ether oxygens (including phenoxy) is 2. The summed E-state index contributed by atoms with van der Waals surface area (Å²) in [5.74, 6) is -8.44. The lowest BCUT2D eigenvalue weighted by Gasteiger charge is -2.56. The number of phenols is 2. The standard InChI is InChI=1S/C32H27N7O15S2/c1-52-32(29(51)39-22(27(48)49)15(11-55-30(32)39)12-56-31-35-36-37-38(31)9-19(41)42)34-26(47)21(13-2-5-16(6-3-13)53-10-20(43)44)33-25(46)17-8-14-4-7-18(40)23(45)24(14)54-28(17)50/h2-8,21,30,40,45H,9-12H2,1H3,(H,33,46)(H,34,47)(H,41,42)(H,43,44)(H,48,49)/t21?,30-,32+/m1/s1. The molecule has 7 N–H and O–H groups in total. The number of nitrogens with one attached hydrogen (secondary N) is 2. The number of aliphatic carboxylic acids is 3. The third-order valence-electron chi connectivity index (χ3n) is 8.32. The van der Waals surface area contributed by atoms with Crippen molar-refractivity contribution in [2.24, 2.45) is 0 Å². The first-order valence-electron chi connectivity index (χ1n) is 15.8. The van der Waals surface area contributed by atoms with Crippen LogP contribution in [-0.2, 0) is 35.3 Å². The van der Waals surface area contributed by atoms with Gasteiger partial charge in [-0.15, -0.1) is 16.9 Å². The van der Waals surface area contributed by atoms with E-state index in [9.17, 15) is 48.9 Å². The van der Waals surface area contributed by atoms with Gasteiger partial charge in [-0.05, 0) is 51.9 Å². The summed E-state index contributed by atoms with van der Waals surface area (Å²) in [6.45, 7) is -1.23. The molecule has 1 unspecified atom stereocenters. The van der Waals surface area contributed by atoms with E-state index in [1.54, 1.807) is 0 Å². The van der Waals surface area contributed by atoms with Gasteiger partial charge < -0.3 is 50.1 Å². The number of carbonyl (C=O) groups excluding carboxylic acids is 3. The Bertz CT molecular complexity index is 2380. The average molecular weight is 814 g/mol. The number of aromatic hydroxyl groups is 2. The first kappa shape index (κ1) is 39.0. The number of β-lactam (4-membered cyclic amide) rings is 1. The zero-order chi connectivity index (χ0) is 40.5. The predicted octanol–water partition coefficient (Wildman–Crippen LogP) is -0.285. The zero-order valence-electron chi connectivity index (χ0n) is 28.4. The van der Waals surface area contributed by atoms with Gasteiger partial charge in [0.05, 0.1) is 0 Å². The van der Waals surface area contributed by atoms with Crippen molar-refractivity contribution in [1.29, 1.82) is 0 Å². The molecule has 2 aromatic carbocycles. The number of tetrazole rings is 1. The van der Waals surface area contributed by atoms with Gasteiger partial charge >= 0.3 is 23.5 Å². The van der Waals surface area contributed by atoms with Crippen molar-refractivity contribution in [2.75, 3.05) is 25.2 Å². The van der Waals surface area contributed by atoms with Gasteiger partial charge in [0.2, 0.25) is 16.8 Å². The molecule has 1 fully saturated rings. The Kier molecular flexibility index (Phi) is 10.9. The molecule has 0 radical (unpaired) electrons. The predicted molar refractivity (Wildman–Crippen MR) is 187 cm³/mol. The number of amides is 3. The number of aromatic nitrogens is 4. The maximum atomic E-state index is 14.1. The minimum atomic E-state index is -2.16. The Morgan fingerprint density at radius 1 is 1.07 bits per heavy atom. The highest BCUT2D eigenvalue weighted by atomic mass is 32.2. The van der Waals surface area contributed by atoms with Gasteiger partial charge in [-0.2, -0.15) is 0 Å². The van der Waals surface area contributed by atoms with E-state index in [-0.39, 0.29) is 38.9 Å². The number of carboxylic acids is 3. The fraction of sp³-hybridized carbons (Fsp3) is 0.250. The number of hydrogen-bond donors (Lipinski definition) is 7. The number of rotatable bonds is 15. The molecular formula is C32H27N7O15S2. The molecule has 0 spiro atoms. The summed E-state index contributed by atoms with van der Waals surface area (Å²) in [6, 6.07) is 6.91. The van der Waals surface area contributed by atoms with Gasteiger partial charge in [-0.25, -0.2) is 19.1 Å². The van der Waals surface area contributed by atoms with Crippen LogP contribution in [0.4, 0.5) is 0 Å². The molecule has 2 aromatic heterocycles. The molecule has 0 saturated carbocycles. The summed E-state index contributed by atoms with van der Waals surface area (Å²) in [5, 5.41) is 62.8. The van der Waals surface area contributed by atoms with E-state index < -0.39 is 99.9 Å². The van der Waals surface area contributed by atoms with Crippen LogP contribution in [0.2, 0.25) is 0 Å². The smallest absolute Gasteiger partial charge is 0.352 e. The molecule has 22 nitrogen and oxygen atoms in total. The monoisotopic (exact) mass is 813 g/mol. The largest absolute Gasteiger partial charge is 0.504 e. The molecule has 6 rings (SSSR count). The highest BCUT2D eigenvalue weighted by Crippen LogP contribution is 2.47. The van der Waals surface area contributed by atoms with Crippen LogP contribution in [0.25, 0.3) is 11.0 Å². The van der Waals surface area contributed by atoms with Crippen molar-refractivity contribution in [1.82, 2.24) is 35.7 Å². The first-order chi connectivity index (χ1) is 26.6. The molecule has 2 aliphatic rings. The van der Waals surface area contributed by atoms with Crippen LogP contribution >= 0.6 is 23.5 Å². The van der Waals surface area contributed by atoms with Crippen LogP contribution in [-0.4, -0.2) is 123 Å². The van der Waals surface area contributed by atoms with Crippen LogP contribution in [0.3, 0.4) is 0 Å². The van der Waals surface area contributed by atoms with Gasteiger partial charge in [-0.1, -0.05) is 23.9 Å². The fourth-order valence-corrected chi connectivity index (χ4v) is 8.17. The summed E-state index contributed by atoms with van der Waals surface area (Å²) >= 11 is 1.98. The van der Waals surface area contributed by atoms with Crippen molar-refractivity contribution in [3.63, 3.8) is 0 Å². The molecule has 0 bridgehead atoms. The number of carbonyl (C=O) groups is 6. The first-order valence-corrected chi connectivity index (χ1v) is 17.8. The van der Waals surface area contributed by atoms with Crippen molar-refractivity contribution in [3.05, 3.63) is 75.3 Å². The number of hydrogen-bond acceptors (Lipinski definition) is 17. The molecule has 3 atom stereocenters. The molecule has 292 valence electrons. The number of nitrogens with zero attached hydrogens (tertiary/aromatic N) is 5. The average Bonchev–Trinajstić information content (AvgIpc) is 3.61. The molecule has 4 aromatic rings. The number of methoxy groups -OCH3 is 1. The van der Waals surface area contributed by atoms with Gasteiger partial charge in [-0.3, -0.25) is 24.1 Å². The Balaban J connectivity index is 1.28. The molecule has 56 heavy (non-hydrogen) atoms. The molecule has 24 heteroatoms. The lowest BCUT2D eigenvalue weighted by molar-refractivity contribution is -0.192. The van der Waals surface area contributed by atoms with E-state index >= 15 is 0 Å². The van der Waals surface area contributed by atoms with Gasteiger partial charge in [0.15, 0.2) is 17.9 Å². The van der Waals surface area contributed by atoms with Gasteiger partial charge in [0, 0.05) is 24.0 Å². The van der Waals surface area contributed by atoms with Crippen molar-refractivity contribution in [2.45, 2.75) is 28.8 Å². The van der Waals surface area contributed by atoms with Crippen LogP contribution in [0.15, 0.2) is 68.1 Å². The second kappa shape index (κ2) is 15.6.